The quantitative estimate of drug-likeness (QED) is 0.552. The zero-order valence-corrected chi connectivity index (χ0v) is 5.12. The number of nitrogen functional groups attached to an aromatic ring is 1. The van der Waals surface area contributed by atoms with E-state index in [2.05, 4.69) is 5.10 Å². The summed E-state index contributed by atoms with van der Waals surface area (Å²) in [5.41, 5.74) is 1.29. The lowest BCUT2D eigenvalue weighted by Gasteiger charge is -1.84. The Morgan fingerprint density at radius 2 is 2.44 bits per heavy atom. The molecule has 0 aliphatic heterocycles. The second-order valence-corrected chi connectivity index (χ2v) is 2.53. The zero-order valence-electron chi connectivity index (χ0n) is 5.12. The lowest BCUT2D eigenvalue weighted by molar-refractivity contribution is 0.831. The van der Waals surface area contributed by atoms with Crippen molar-refractivity contribution in [2.24, 2.45) is 0 Å². The maximum atomic E-state index is 5.35. The van der Waals surface area contributed by atoms with Crippen LogP contribution in [0.3, 0.4) is 0 Å². The molecular weight excluding hydrogens is 114 g/mol. The summed E-state index contributed by atoms with van der Waals surface area (Å²) < 4.78 is 0. The standard InChI is InChI=1S/C6H9N3/c7-9-4-6(3-8-9)5-1-2-5/h3-5H,1-2,7H2. The summed E-state index contributed by atoms with van der Waals surface area (Å²) >= 11 is 0. The van der Waals surface area contributed by atoms with Crippen LogP contribution in [0.25, 0.3) is 0 Å². The van der Waals surface area contributed by atoms with Crippen molar-refractivity contribution in [3.8, 4) is 0 Å². The number of aromatic nitrogens is 2. The van der Waals surface area contributed by atoms with E-state index in [4.69, 9.17) is 5.84 Å². The van der Waals surface area contributed by atoms with Gasteiger partial charge in [0.1, 0.15) is 0 Å². The van der Waals surface area contributed by atoms with Crippen molar-refractivity contribution >= 4 is 0 Å². The van der Waals surface area contributed by atoms with Crippen LogP contribution in [0, 0.1) is 0 Å². The molecule has 1 saturated carbocycles. The Labute approximate surface area is 53.4 Å². The average molecular weight is 123 g/mol. The Kier molecular flexibility index (Phi) is 0.806. The van der Waals surface area contributed by atoms with Crippen molar-refractivity contribution < 1.29 is 0 Å². The lowest BCUT2D eigenvalue weighted by Crippen LogP contribution is -2.07. The van der Waals surface area contributed by atoms with Crippen molar-refractivity contribution in [1.82, 2.24) is 9.89 Å². The van der Waals surface area contributed by atoms with Gasteiger partial charge in [-0.2, -0.15) is 9.89 Å². The van der Waals surface area contributed by atoms with Gasteiger partial charge in [-0.25, -0.2) is 0 Å². The fourth-order valence-corrected chi connectivity index (χ4v) is 0.980. The van der Waals surface area contributed by atoms with Crippen LogP contribution in [-0.4, -0.2) is 9.89 Å². The van der Waals surface area contributed by atoms with E-state index in [-0.39, 0.29) is 0 Å². The molecule has 9 heavy (non-hydrogen) atoms. The smallest absolute Gasteiger partial charge is 0.0545 e. The lowest BCUT2D eigenvalue weighted by atomic mass is 10.2. The minimum atomic E-state index is 0.766. The van der Waals surface area contributed by atoms with Gasteiger partial charge in [-0.1, -0.05) is 0 Å². The molecule has 3 heteroatoms. The number of hydrogen-bond donors (Lipinski definition) is 1. The van der Waals surface area contributed by atoms with E-state index in [0.29, 0.717) is 0 Å². The van der Waals surface area contributed by atoms with Crippen LogP contribution in [-0.2, 0) is 0 Å². The summed E-state index contributed by atoms with van der Waals surface area (Å²) in [7, 11) is 0. The molecule has 1 aromatic rings. The van der Waals surface area contributed by atoms with Crippen LogP contribution in [0.2, 0.25) is 0 Å². The molecule has 1 fully saturated rings. The summed E-state index contributed by atoms with van der Waals surface area (Å²) in [6, 6.07) is 0. The molecule has 1 heterocycles. The third-order valence-corrected chi connectivity index (χ3v) is 1.67. The molecule has 1 aliphatic carbocycles. The Morgan fingerprint density at radius 3 is 2.89 bits per heavy atom. The van der Waals surface area contributed by atoms with E-state index in [1.165, 1.54) is 23.2 Å². The van der Waals surface area contributed by atoms with Gasteiger partial charge < -0.3 is 5.84 Å². The van der Waals surface area contributed by atoms with Crippen molar-refractivity contribution in [1.29, 1.82) is 0 Å². The van der Waals surface area contributed by atoms with Gasteiger partial charge in [0, 0.05) is 0 Å². The summed E-state index contributed by atoms with van der Waals surface area (Å²) in [5, 5.41) is 3.87. The molecule has 0 bridgehead atoms. The van der Waals surface area contributed by atoms with Gasteiger partial charge in [0.2, 0.25) is 0 Å². The molecule has 0 radical (unpaired) electrons. The predicted molar refractivity (Wildman–Crippen MR) is 34.4 cm³/mol. The normalized spacial score (nSPS) is 18.2. The first-order valence-electron chi connectivity index (χ1n) is 3.16. The molecule has 2 N–H and O–H groups in total. The molecule has 0 saturated heterocycles. The highest BCUT2D eigenvalue weighted by Gasteiger charge is 2.24. The number of nitrogens with two attached hydrogens (primary N) is 1. The Bertz CT molecular complexity index is 212. The summed E-state index contributed by atoms with van der Waals surface area (Å²) in [6.07, 6.45) is 6.35. The van der Waals surface area contributed by atoms with Gasteiger partial charge in [-0.05, 0) is 24.3 Å². The third kappa shape index (κ3) is 0.781. The molecule has 0 aromatic carbocycles. The largest absolute Gasteiger partial charge is 0.323 e. The average Bonchev–Trinajstić information content (AvgIpc) is 2.58. The van der Waals surface area contributed by atoms with Crippen LogP contribution in [0.4, 0.5) is 0 Å². The first-order chi connectivity index (χ1) is 4.36. The molecule has 0 unspecified atom stereocenters. The number of rotatable bonds is 1. The molecule has 48 valence electrons. The second kappa shape index (κ2) is 1.50. The summed E-state index contributed by atoms with van der Waals surface area (Å²) in [6.45, 7) is 0. The van der Waals surface area contributed by atoms with Crippen molar-refractivity contribution in [2.45, 2.75) is 18.8 Å². The van der Waals surface area contributed by atoms with Gasteiger partial charge in [0.05, 0.1) is 12.4 Å². The third-order valence-electron chi connectivity index (χ3n) is 1.67. The van der Waals surface area contributed by atoms with Crippen molar-refractivity contribution in [3.05, 3.63) is 18.0 Å². The van der Waals surface area contributed by atoms with Crippen LogP contribution < -0.4 is 5.84 Å². The summed E-state index contributed by atoms with van der Waals surface area (Å²) in [4.78, 5) is 1.37. The minimum absolute atomic E-state index is 0.766. The van der Waals surface area contributed by atoms with Gasteiger partial charge in [0.15, 0.2) is 0 Å². The molecule has 0 spiro atoms. The highest BCUT2D eigenvalue weighted by atomic mass is 15.5. The molecule has 1 aliphatic rings. The molecule has 1 aromatic heterocycles. The molecule has 0 amide bonds. The second-order valence-electron chi connectivity index (χ2n) is 2.53. The molecular formula is C6H9N3. The highest BCUT2D eigenvalue weighted by molar-refractivity contribution is 5.16. The fraction of sp³-hybridized carbons (Fsp3) is 0.500. The van der Waals surface area contributed by atoms with E-state index < -0.39 is 0 Å². The SMILES string of the molecule is Nn1cc(C2CC2)cn1. The highest BCUT2D eigenvalue weighted by Crippen LogP contribution is 2.39. The van der Waals surface area contributed by atoms with E-state index in [9.17, 15) is 0 Å². The molecule has 3 nitrogen and oxygen atoms in total. The first kappa shape index (κ1) is 4.85. The van der Waals surface area contributed by atoms with Crippen LogP contribution >= 0.6 is 0 Å². The first-order valence-corrected chi connectivity index (χ1v) is 3.16. The molecule has 2 rings (SSSR count). The Balaban J connectivity index is 2.28. The molecule has 0 atom stereocenters. The zero-order chi connectivity index (χ0) is 6.27. The van der Waals surface area contributed by atoms with Crippen molar-refractivity contribution in [2.75, 3.05) is 5.84 Å². The monoisotopic (exact) mass is 123 g/mol. The van der Waals surface area contributed by atoms with E-state index in [0.717, 1.165) is 5.92 Å². The predicted octanol–water partition coefficient (Wildman–Crippen LogP) is 0.474. The number of nitrogens with zero attached hydrogens (tertiary/aromatic N) is 2. The van der Waals surface area contributed by atoms with Crippen LogP contribution in [0.5, 0.6) is 0 Å². The number of hydrogen-bond acceptors (Lipinski definition) is 2. The van der Waals surface area contributed by atoms with Crippen LogP contribution in [0.15, 0.2) is 12.4 Å². The fourth-order valence-electron chi connectivity index (χ4n) is 0.980. The topological polar surface area (TPSA) is 43.8 Å². The van der Waals surface area contributed by atoms with Gasteiger partial charge in [-0.15, -0.1) is 0 Å². The van der Waals surface area contributed by atoms with Crippen LogP contribution in [0.1, 0.15) is 24.3 Å². The Morgan fingerprint density at radius 1 is 1.67 bits per heavy atom. The van der Waals surface area contributed by atoms with Gasteiger partial charge >= 0.3 is 0 Å². The minimum Gasteiger partial charge on any atom is -0.323 e. The Hall–Kier alpha value is -0.990. The van der Waals surface area contributed by atoms with Crippen molar-refractivity contribution in [3.63, 3.8) is 0 Å². The van der Waals surface area contributed by atoms with Gasteiger partial charge in [-0.3, -0.25) is 0 Å². The maximum Gasteiger partial charge on any atom is 0.0545 e. The van der Waals surface area contributed by atoms with E-state index in [1.807, 2.05) is 12.4 Å². The summed E-state index contributed by atoms with van der Waals surface area (Å²) in [5.74, 6) is 6.12. The van der Waals surface area contributed by atoms with E-state index >= 15 is 0 Å². The van der Waals surface area contributed by atoms with E-state index in [1.54, 1.807) is 0 Å². The van der Waals surface area contributed by atoms with Gasteiger partial charge in [0.25, 0.3) is 0 Å². The maximum absolute atomic E-state index is 5.35.